The Hall–Kier alpha value is -2.08. The molecule has 0 aromatic heterocycles. The summed E-state index contributed by atoms with van der Waals surface area (Å²) in [7, 11) is 0. The van der Waals surface area contributed by atoms with Crippen LogP contribution < -0.4 is 9.47 Å². The van der Waals surface area contributed by atoms with Gasteiger partial charge in [-0.25, -0.2) is 0 Å². The highest BCUT2D eigenvalue weighted by Gasteiger charge is 2.82. The molecule has 206 valence electrons. The molecule has 0 amide bonds. The number of nitrogens with zero attached hydrogens (tertiary/aromatic N) is 1. The number of likely N-dealkylation sites (tertiary alicyclic amines) is 1. The molecule has 0 N–H and O–H groups in total. The number of fused-ring (bicyclic) bond motifs is 1. The Balaban J connectivity index is 1.21. The van der Waals surface area contributed by atoms with Gasteiger partial charge in [0.05, 0.1) is 5.60 Å². The van der Waals surface area contributed by atoms with E-state index in [0.29, 0.717) is 25.4 Å². The highest BCUT2D eigenvalue weighted by atomic mass is 16.7. The third kappa shape index (κ3) is 2.83. The Morgan fingerprint density at radius 2 is 1.90 bits per heavy atom. The smallest absolute Gasteiger partial charge is 0.166 e. The van der Waals surface area contributed by atoms with Gasteiger partial charge in [0, 0.05) is 34.9 Å². The maximum absolute atomic E-state index is 7.33. The van der Waals surface area contributed by atoms with Gasteiger partial charge in [-0.2, -0.15) is 0 Å². The second-order valence-electron chi connectivity index (χ2n) is 14.0. The van der Waals surface area contributed by atoms with Crippen molar-refractivity contribution < 1.29 is 18.9 Å². The van der Waals surface area contributed by atoms with Crippen molar-refractivity contribution in [3.63, 3.8) is 0 Å². The van der Waals surface area contributed by atoms with Crippen LogP contribution in [0.2, 0.25) is 0 Å². The molecule has 2 aromatic rings. The van der Waals surface area contributed by atoms with Crippen LogP contribution in [0.3, 0.4) is 0 Å². The Morgan fingerprint density at radius 3 is 2.72 bits per heavy atom. The lowest BCUT2D eigenvalue weighted by Gasteiger charge is -2.76. The van der Waals surface area contributed by atoms with E-state index in [9.17, 15) is 0 Å². The van der Waals surface area contributed by atoms with E-state index in [4.69, 9.17) is 18.9 Å². The molecule has 8 aliphatic rings. The first-order valence-corrected chi connectivity index (χ1v) is 15.5. The molecule has 3 heterocycles. The van der Waals surface area contributed by atoms with Gasteiger partial charge in [0.2, 0.25) is 0 Å². The summed E-state index contributed by atoms with van der Waals surface area (Å²) < 4.78 is 27.2. The number of piperidine rings is 1. The van der Waals surface area contributed by atoms with Gasteiger partial charge < -0.3 is 18.9 Å². The number of benzene rings is 2. The summed E-state index contributed by atoms with van der Waals surface area (Å²) in [5.74, 6) is 3.20. The van der Waals surface area contributed by atoms with Crippen LogP contribution in [-0.4, -0.2) is 48.1 Å². The summed E-state index contributed by atoms with van der Waals surface area (Å²) in [5, 5.41) is 0. The van der Waals surface area contributed by atoms with Crippen LogP contribution in [0.15, 0.2) is 42.5 Å². The molecular weight excluding hydrogens is 486 g/mol. The van der Waals surface area contributed by atoms with Crippen molar-refractivity contribution in [3.8, 4) is 11.5 Å². The lowest BCUT2D eigenvalue weighted by atomic mass is 9.33. The fourth-order valence-corrected chi connectivity index (χ4v) is 10.6. The third-order valence-corrected chi connectivity index (χ3v) is 12.7. The van der Waals surface area contributed by atoms with Crippen LogP contribution in [0.25, 0.3) is 0 Å². The minimum Gasteiger partial charge on any atom is -0.485 e. The molecule has 10 rings (SSSR count). The largest absolute Gasteiger partial charge is 0.485 e. The molecule has 6 fully saturated rings. The van der Waals surface area contributed by atoms with Crippen molar-refractivity contribution in [2.75, 3.05) is 19.9 Å². The number of hydrogen-bond donors (Lipinski definition) is 0. The van der Waals surface area contributed by atoms with Gasteiger partial charge in [0.25, 0.3) is 0 Å². The van der Waals surface area contributed by atoms with Crippen molar-refractivity contribution in [1.29, 1.82) is 0 Å². The van der Waals surface area contributed by atoms with Crippen molar-refractivity contribution in [2.45, 2.75) is 101 Å². The van der Waals surface area contributed by atoms with E-state index in [1.165, 1.54) is 61.9 Å². The normalized spacial score (nSPS) is 43.0. The molecule has 2 aromatic carbocycles. The molecule has 3 spiro atoms. The molecule has 7 unspecified atom stereocenters. The van der Waals surface area contributed by atoms with E-state index in [-0.39, 0.29) is 28.1 Å². The molecule has 5 aliphatic carbocycles. The zero-order valence-corrected chi connectivity index (χ0v) is 23.4. The summed E-state index contributed by atoms with van der Waals surface area (Å²) in [6.45, 7) is 8.05. The Labute approximate surface area is 232 Å². The van der Waals surface area contributed by atoms with Crippen LogP contribution in [0, 0.1) is 17.3 Å². The fourth-order valence-electron chi connectivity index (χ4n) is 10.6. The van der Waals surface area contributed by atoms with E-state index in [1.54, 1.807) is 0 Å². The van der Waals surface area contributed by atoms with Gasteiger partial charge >= 0.3 is 0 Å². The van der Waals surface area contributed by atoms with Crippen LogP contribution >= 0.6 is 0 Å². The fraction of sp³-hybridized carbons (Fsp3) is 0.647. The van der Waals surface area contributed by atoms with E-state index >= 15 is 0 Å². The lowest BCUT2D eigenvalue weighted by Crippen LogP contribution is -2.83. The quantitative estimate of drug-likeness (QED) is 0.460. The van der Waals surface area contributed by atoms with Crippen LogP contribution in [0.4, 0.5) is 0 Å². The molecule has 0 radical (unpaired) electrons. The average molecular weight is 528 g/mol. The highest BCUT2D eigenvalue weighted by molar-refractivity contribution is 5.64. The highest BCUT2D eigenvalue weighted by Crippen LogP contribution is 2.78. The zero-order valence-electron chi connectivity index (χ0n) is 23.4. The monoisotopic (exact) mass is 527 g/mol. The number of rotatable bonds is 6. The molecule has 5 heteroatoms. The predicted molar refractivity (Wildman–Crippen MR) is 148 cm³/mol. The summed E-state index contributed by atoms with van der Waals surface area (Å²) in [5.41, 5.74) is 3.92. The van der Waals surface area contributed by atoms with Crippen molar-refractivity contribution >= 4 is 0 Å². The lowest BCUT2D eigenvalue weighted by molar-refractivity contribution is -0.375. The van der Waals surface area contributed by atoms with Crippen molar-refractivity contribution in [1.82, 2.24) is 4.90 Å². The van der Waals surface area contributed by atoms with Crippen molar-refractivity contribution in [3.05, 3.63) is 59.2 Å². The van der Waals surface area contributed by atoms with Gasteiger partial charge in [0.15, 0.2) is 11.5 Å². The van der Waals surface area contributed by atoms with Crippen LogP contribution in [-0.2, 0) is 27.9 Å². The molecule has 4 saturated carbocycles. The molecule has 4 bridgehead atoms. The van der Waals surface area contributed by atoms with E-state index in [0.717, 1.165) is 36.7 Å². The Bertz CT molecular complexity index is 1330. The minimum absolute atomic E-state index is 0.00743. The predicted octanol–water partition coefficient (Wildman–Crippen LogP) is 6.02. The molecule has 2 saturated heterocycles. The molecule has 39 heavy (non-hydrogen) atoms. The van der Waals surface area contributed by atoms with Crippen LogP contribution in [0.1, 0.15) is 75.5 Å². The maximum atomic E-state index is 7.33. The summed E-state index contributed by atoms with van der Waals surface area (Å²) in [6.07, 6.45) is 9.70. The molecule has 5 nitrogen and oxygen atoms in total. The van der Waals surface area contributed by atoms with E-state index in [1.807, 2.05) is 0 Å². The average Bonchev–Trinajstić information content (AvgIpc) is 3.71. The number of ether oxygens (including phenoxy) is 4. The second kappa shape index (κ2) is 7.80. The molecular formula is C34H41NO4. The van der Waals surface area contributed by atoms with Gasteiger partial charge in [-0.15, -0.1) is 0 Å². The molecule has 7 atom stereocenters. The Kier molecular flexibility index (Phi) is 4.72. The third-order valence-electron chi connectivity index (χ3n) is 12.7. The second-order valence-corrected chi connectivity index (χ2v) is 14.0. The van der Waals surface area contributed by atoms with E-state index in [2.05, 4.69) is 61.2 Å². The van der Waals surface area contributed by atoms with Gasteiger partial charge in [-0.05, 0) is 87.9 Å². The first-order valence-electron chi connectivity index (χ1n) is 15.5. The first-order chi connectivity index (χ1) is 19.0. The maximum Gasteiger partial charge on any atom is 0.166 e. The minimum atomic E-state index is -0.293. The zero-order chi connectivity index (χ0) is 26.0. The van der Waals surface area contributed by atoms with Gasteiger partial charge in [-0.3, -0.25) is 4.90 Å². The van der Waals surface area contributed by atoms with Gasteiger partial charge in [-0.1, -0.05) is 43.3 Å². The summed E-state index contributed by atoms with van der Waals surface area (Å²) in [6, 6.07) is 15.6. The topological polar surface area (TPSA) is 40.2 Å². The SMILES string of the molecule is CCC1(C)OCOC23CCC4(CC12)C1Cc2ccc(OCc5ccccc5)c5c2C4(CCN1CC1CC1)C3O5. The molecule has 3 aliphatic heterocycles. The first kappa shape index (κ1) is 23.6. The van der Waals surface area contributed by atoms with Crippen LogP contribution in [0.5, 0.6) is 11.5 Å². The Morgan fingerprint density at radius 1 is 1.03 bits per heavy atom. The van der Waals surface area contributed by atoms with E-state index < -0.39 is 0 Å². The van der Waals surface area contributed by atoms with Crippen molar-refractivity contribution in [2.24, 2.45) is 17.3 Å². The number of hydrogen-bond acceptors (Lipinski definition) is 5. The standard InChI is InChI=1S/C34H41NO4/c1-3-31(2)26-18-32-13-14-34(26,38-21-37-31)30-33(32)15-16-35(19-22-9-10-22)27(32)17-24-11-12-25(29(39-30)28(24)33)36-20-23-7-5-4-6-8-23/h4-8,11-12,22,26-27,30H,3,9-10,13-21H2,1-2H3. The van der Waals surface area contributed by atoms with Gasteiger partial charge in [0.1, 0.15) is 25.1 Å². The summed E-state index contributed by atoms with van der Waals surface area (Å²) in [4.78, 5) is 2.92. The summed E-state index contributed by atoms with van der Waals surface area (Å²) >= 11 is 0.